The first kappa shape index (κ1) is 21.4. The van der Waals surface area contributed by atoms with Crippen LogP contribution in [0.25, 0.3) is 0 Å². The molecule has 1 N–H and O–H groups in total. The molecular weight excluding hydrogens is 404 g/mol. The van der Waals surface area contributed by atoms with E-state index in [0.717, 1.165) is 19.4 Å². The molecule has 1 aromatic carbocycles. The van der Waals surface area contributed by atoms with E-state index in [1.807, 2.05) is 0 Å². The summed E-state index contributed by atoms with van der Waals surface area (Å²) in [5.74, 6) is -0.219. The highest BCUT2D eigenvalue weighted by molar-refractivity contribution is 7.89. The van der Waals surface area contributed by atoms with E-state index in [1.165, 1.54) is 10.4 Å². The molecule has 2 saturated heterocycles. The number of ether oxygens (including phenoxy) is 2. The number of sulfonamides is 1. The molecule has 2 heterocycles. The van der Waals surface area contributed by atoms with E-state index < -0.39 is 10.0 Å². The van der Waals surface area contributed by atoms with Crippen LogP contribution in [0.2, 0.25) is 5.02 Å². The fraction of sp³-hybridized carbons (Fsp3) is 0.632. The van der Waals surface area contributed by atoms with Gasteiger partial charge in [0.15, 0.2) is 0 Å². The molecule has 0 unspecified atom stereocenters. The Balaban J connectivity index is 1.70. The molecule has 3 rings (SSSR count). The highest BCUT2D eigenvalue weighted by Gasteiger charge is 2.35. The van der Waals surface area contributed by atoms with Gasteiger partial charge in [0.1, 0.15) is 10.6 Å². The second-order valence-electron chi connectivity index (χ2n) is 7.11. The number of benzene rings is 1. The van der Waals surface area contributed by atoms with E-state index in [4.69, 9.17) is 21.1 Å². The number of amides is 1. The molecule has 1 amide bonds. The minimum absolute atomic E-state index is 0.0438. The predicted molar refractivity (Wildman–Crippen MR) is 106 cm³/mol. The maximum atomic E-state index is 13.2. The summed E-state index contributed by atoms with van der Waals surface area (Å²) in [6.07, 6.45) is 3.31. The monoisotopic (exact) mass is 430 g/mol. The highest BCUT2D eigenvalue weighted by atomic mass is 35.5. The number of hydrogen-bond donors (Lipinski definition) is 1. The van der Waals surface area contributed by atoms with Crippen molar-refractivity contribution in [2.75, 3.05) is 32.8 Å². The number of piperidine rings is 1. The maximum absolute atomic E-state index is 13.2. The van der Waals surface area contributed by atoms with Crippen LogP contribution in [0.1, 0.15) is 32.6 Å². The zero-order chi connectivity index (χ0) is 20.1. The number of nitrogens with zero attached hydrogens (tertiary/aromatic N) is 1. The molecule has 0 aliphatic carbocycles. The largest absolute Gasteiger partial charge is 0.492 e. The fourth-order valence-corrected chi connectivity index (χ4v) is 5.55. The molecule has 0 saturated carbocycles. The zero-order valence-electron chi connectivity index (χ0n) is 16.0. The van der Waals surface area contributed by atoms with Crippen molar-refractivity contribution in [2.24, 2.45) is 5.92 Å². The lowest BCUT2D eigenvalue weighted by Gasteiger charge is -2.31. The second-order valence-corrected chi connectivity index (χ2v) is 9.45. The zero-order valence-corrected chi connectivity index (χ0v) is 17.6. The first-order chi connectivity index (χ1) is 13.4. The molecule has 2 aliphatic rings. The number of rotatable bonds is 7. The summed E-state index contributed by atoms with van der Waals surface area (Å²) in [6, 6.07) is 4.57. The lowest BCUT2D eigenvalue weighted by Crippen LogP contribution is -2.46. The van der Waals surface area contributed by atoms with E-state index in [0.29, 0.717) is 37.6 Å². The first-order valence-electron chi connectivity index (χ1n) is 9.73. The van der Waals surface area contributed by atoms with Crippen LogP contribution in [-0.2, 0) is 19.6 Å². The van der Waals surface area contributed by atoms with Gasteiger partial charge in [-0.05, 0) is 50.8 Å². The third-order valence-corrected chi connectivity index (χ3v) is 7.23. The second kappa shape index (κ2) is 9.43. The summed E-state index contributed by atoms with van der Waals surface area (Å²) in [5.41, 5.74) is 0. The van der Waals surface area contributed by atoms with Gasteiger partial charge < -0.3 is 14.8 Å². The van der Waals surface area contributed by atoms with Crippen molar-refractivity contribution in [3.05, 3.63) is 23.2 Å². The van der Waals surface area contributed by atoms with E-state index in [1.54, 1.807) is 19.1 Å². The summed E-state index contributed by atoms with van der Waals surface area (Å²) >= 11 is 6.03. The number of halogens is 1. The smallest absolute Gasteiger partial charge is 0.246 e. The summed E-state index contributed by atoms with van der Waals surface area (Å²) in [6.45, 7) is 3.87. The first-order valence-corrected chi connectivity index (χ1v) is 11.6. The normalized spacial score (nSPS) is 23.5. The predicted octanol–water partition coefficient (Wildman–Crippen LogP) is 2.43. The van der Waals surface area contributed by atoms with Gasteiger partial charge >= 0.3 is 0 Å². The summed E-state index contributed by atoms with van der Waals surface area (Å²) in [7, 11) is -3.82. The van der Waals surface area contributed by atoms with Crippen molar-refractivity contribution in [3.8, 4) is 5.75 Å². The molecule has 2 atom stereocenters. The average molecular weight is 431 g/mol. The fourth-order valence-electron chi connectivity index (χ4n) is 3.64. The van der Waals surface area contributed by atoms with Gasteiger partial charge in [-0.15, -0.1) is 0 Å². The quantitative estimate of drug-likeness (QED) is 0.718. The third kappa shape index (κ3) is 4.97. The van der Waals surface area contributed by atoms with Crippen molar-refractivity contribution in [2.45, 2.75) is 43.6 Å². The Kier molecular flexibility index (Phi) is 7.20. The van der Waals surface area contributed by atoms with Crippen LogP contribution in [0, 0.1) is 5.92 Å². The summed E-state index contributed by atoms with van der Waals surface area (Å²) in [5, 5.41) is 3.24. The standard InChI is InChI=1S/C19H27ClN2O5S/c1-2-26-17-8-7-15(20)11-18(17)28(24,25)22-9-3-5-14(13-22)19(23)21-12-16-6-4-10-27-16/h7-8,11,14,16H,2-6,9-10,12-13H2,1H3,(H,21,23)/t14-,16+/m1/s1. The average Bonchev–Trinajstić information content (AvgIpc) is 3.21. The number of nitrogens with one attached hydrogen (secondary N) is 1. The number of carbonyl (C=O) groups is 1. The molecule has 0 radical (unpaired) electrons. The van der Waals surface area contributed by atoms with Gasteiger partial charge in [-0.1, -0.05) is 11.6 Å². The van der Waals surface area contributed by atoms with Crippen LogP contribution in [0.15, 0.2) is 23.1 Å². The van der Waals surface area contributed by atoms with E-state index in [2.05, 4.69) is 5.32 Å². The van der Waals surface area contributed by atoms with Crippen LogP contribution < -0.4 is 10.1 Å². The maximum Gasteiger partial charge on any atom is 0.246 e. The van der Waals surface area contributed by atoms with E-state index in [9.17, 15) is 13.2 Å². The van der Waals surface area contributed by atoms with Crippen molar-refractivity contribution in [1.82, 2.24) is 9.62 Å². The van der Waals surface area contributed by atoms with E-state index >= 15 is 0 Å². The molecule has 28 heavy (non-hydrogen) atoms. The topological polar surface area (TPSA) is 84.9 Å². The SMILES string of the molecule is CCOc1ccc(Cl)cc1S(=O)(=O)N1CCC[C@@H](C(=O)NC[C@@H]2CCCO2)C1. The van der Waals surface area contributed by atoms with Crippen LogP contribution in [0.3, 0.4) is 0 Å². The Morgan fingerprint density at radius 1 is 1.36 bits per heavy atom. The minimum atomic E-state index is -3.82. The molecular formula is C19H27ClN2O5S. The molecule has 2 aliphatic heterocycles. The Bertz CT molecular complexity index is 796. The lowest BCUT2D eigenvalue weighted by molar-refractivity contribution is -0.126. The van der Waals surface area contributed by atoms with Gasteiger partial charge in [0.25, 0.3) is 0 Å². The van der Waals surface area contributed by atoms with Gasteiger partial charge in [-0.2, -0.15) is 4.31 Å². The highest BCUT2D eigenvalue weighted by Crippen LogP contribution is 2.32. The van der Waals surface area contributed by atoms with Gasteiger partial charge in [0.2, 0.25) is 15.9 Å². The molecule has 156 valence electrons. The number of hydrogen-bond acceptors (Lipinski definition) is 5. The van der Waals surface area contributed by atoms with Crippen LogP contribution in [0.4, 0.5) is 0 Å². The van der Waals surface area contributed by atoms with Crippen LogP contribution in [-0.4, -0.2) is 57.6 Å². The molecule has 2 fully saturated rings. The van der Waals surface area contributed by atoms with Gasteiger partial charge in [-0.25, -0.2) is 8.42 Å². The molecule has 1 aromatic rings. The third-order valence-electron chi connectivity index (χ3n) is 5.11. The Hall–Kier alpha value is -1.35. The van der Waals surface area contributed by atoms with Gasteiger partial charge in [-0.3, -0.25) is 4.79 Å². The Labute approximate surface area is 171 Å². The Morgan fingerprint density at radius 3 is 2.89 bits per heavy atom. The molecule has 0 aromatic heterocycles. The Morgan fingerprint density at radius 2 is 2.18 bits per heavy atom. The van der Waals surface area contributed by atoms with Gasteiger partial charge in [0.05, 0.1) is 18.6 Å². The molecule has 7 nitrogen and oxygen atoms in total. The lowest BCUT2D eigenvalue weighted by atomic mass is 9.99. The van der Waals surface area contributed by atoms with Crippen molar-refractivity contribution in [3.63, 3.8) is 0 Å². The number of carbonyl (C=O) groups excluding carboxylic acids is 1. The van der Waals surface area contributed by atoms with Gasteiger partial charge in [0, 0.05) is 31.3 Å². The van der Waals surface area contributed by atoms with Crippen molar-refractivity contribution in [1.29, 1.82) is 0 Å². The minimum Gasteiger partial charge on any atom is -0.492 e. The van der Waals surface area contributed by atoms with Crippen molar-refractivity contribution >= 4 is 27.5 Å². The molecule has 9 heteroatoms. The summed E-state index contributed by atoms with van der Waals surface area (Å²) < 4.78 is 38.8. The van der Waals surface area contributed by atoms with Crippen LogP contribution in [0.5, 0.6) is 5.75 Å². The van der Waals surface area contributed by atoms with Crippen molar-refractivity contribution < 1.29 is 22.7 Å². The summed E-state index contributed by atoms with van der Waals surface area (Å²) in [4.78, 5) is 12.6. The van der Waals surface area contributed by atoms with E-state index in [-0.39, 0.29) is 35.1 Å². The molecule has 0 spiro atoms. The molecule has 0 bridgehead atoms. The van der Waals surface area contributed by atoms with Crippen LogP contribution >= 0.6 is 11.6 Å².